The Balaban J connectivity index is 1.79. The summed E-state index contributed by atoms with van der Waals surface area (Å²) < 4.78 is 0. The lowest BCUT2D eigenvalue weighted by molar-refractivity contribution is 0.103. The molecule has 0 unspecified atom stereocenters. The molecule has 4 nitrogen and oxygen atoms in total. The van der Waals surface area contributed by atoms with Gasteiger partial charge in [-0.3, -0.25) is 4.79 Å². The van der Waals surface area contributed by atoms with Crippen molar-refractivity contribution in [3.8, 4) is 0 Å². The summed E-state index contributed by atoms with van der Waals surface area (Å²) in [6.07, 6.45) is 1.70. The molecule has 130 valence electrons. The van der Waals surface area contributed by atoms with Gasteiger partial charge in [0.25, 0.3) is 0 Å². The lowest BCUT2D eigenvalue weighted by atomic mass is 9.98. The highest BCUT2D eigenvalue weighted by atomic mass is 32.1. The van der Waals surface area contributed by atoms with E-state index in [1.54, 1.807) is 6.20 Å². The van der Waals surface area contributed by atoms with E-state index >= 15 is 0 Å². The van der Waals surface area contributed by atoms with Crippen LogP contribution in [-0.2, 0) is 0 Å². The van der Waals surface area contributed by atoms with Crippen LogP contribution >= 0.6 is 12.2 Å². The van der Waals surface area contributed by atoms with Crippen molar-refractivity contribution >= 4 is 34.6 Å². The molecule has 0 aliphatic heterocycles. The lowest BCUT2D eigenvalue weighted by Gasteiger charge is -2.16. The number of nitrogens with one attached hydrogen (secondary N) is 2. The van der Waals surface area contributed by atoms with Crippen molar-refractivity contribution in [3.05, 3.63) is 89.1 Å². The zero-order chi connectivity index (χ0) is 18.5. The fourth-order valence-electron chi connectivity index (χ4n) is 2.75. The maximum absolute atomic E-state index is 12.7. The van der Waals surface area contributed by atoms with Crippen molar-refractivity contribution in [1.29, 1.82) is 0 Å². The van der Waals surface area contributed by atoms with Crippen molar-refractivity contribution in [1.82, 2.24) is 4.98 Å². The molecule has 0 aliphatic carbocycles. The summed E-state index contributed by atoms with van der Waals surface area (Å²) in [6, 6.07) is 18.6. The molecule has 26 heavy (non-hydrogen) atoms. The fraction of sp³-hybridized carbons (Fsp3) is 0.0952. The first-order valence-corrected chi connectivity index (χ1v) is 8.65. The monoisotopic (exact) mass is 361 g/mol. The van der Waals surface area contributed by atoms with E-state index in [1.807, 2.05) is 74.5 Å². The molecule has 0 spiro atoms. The molecule has 0 fully saturated rings. The second-order valence-corrected chi connectivity index (χ2v) is 6.38. The predicted molar refractivity (Wildman–Crippen MR) is 110 cm³/mol. The number of carbonyl (C=O) groups is 1. The molecule has 0 saturated heterocycles. The van der Waals surface area contributed by atoms with Crippen LogP contribution in [0.1, 0.15) is 27.0 Å². The number of rotatable bonds is 4. The molecule has 3 rings (SSSR count). The van der Waals surface area contributed by atoms with Crippen LogP contribution in [0.25, 0.3) is 0 Å². The molecular weight excluding hydrogens is 342 g/mol. The van der Waals surface area contributed by atoms with E-state index in [2.05, 4.69) is 15.6 Å². The van der Waals surface area contributed by atoms with Crippen molar-refractivity contribution in [2.24, 2.45) is 0 Å². The molecule has 0 amide bonds. The SMILES string of the molecule is Cc1cc(C(=O)c2ccccc2)cc(C)c1NC(=S)Nc1ccccn1. The van der Waals surface area contributed by atoms with Crippen molar-refractivity contribution in [2.45, 2.75) is 13.8 Å². The van der Waals surface area contributed by atoms with Gasteiger partial charge in [-0.1, -0.05) is 36.4 Å². The van der Waals surface area contributed by atoms with E-state index in [4.69, 9.17) is 12.2 Å². The summed E-state index contributed by atoms with van der Waals surface area (Å²) in [6.45, 7) is 3.92. The Morgan fingerprint density at radius 1 is 0.885 bits per heavy atom. The number of pyridine rings is 1. The van der Waals surface area contributed by atoms with E-state index in [1.165, 1.54) is 0 Å². The number of hydrogen-bond acceptors (Lipinski definition) is 3. The van der Waals surface area contributed by atoms with Crippen LogP contribution < -0.4 is 10.6 Å². The van der Waals surface area contributed by atoms with Crippen molar-refractivity contribution in [2.75, 3.05) is 10.6 Å². The Bertz CT molecular complexity index is 917. The van der Waals surface area contributed by atoms with Crippen molar-refractivity contribution < 1.29 is 4.79 Å². The summed E-state index contributed by atoms with van der Waals surface area (Å²) in [5.74, 6) is 0.689. The fourth-order valence-corrected chi connectivity index (χ4v) is 2.95. The van der Waals surface area contributed by atoms with Gasteiger partial charge in [0, 0.05) is 23.0 Å². The lowest BCUT2D eigenvalue weighted by Crippen LogP contribution is -2.21. The van der Waals surface area contributed by atoms with Gasteiger partial charge in [-0.25, -0.2) is 4.98 Å². The van der Waals surface area contributed by atoms with Gasteiger partial charge in [-0.05, 0) is 61.5 Å². The van der Waals surface area contributed by atoms with Crippen LogP contribution in [0.2, 0.25) is 0 Å². The van der Waals surface area contributed by atoms with Gasteiger partial charge in [0.1, 0.15) is 5.82 Å². The zero-order valence-electron chi connectivity index (χ0n) is 14.6. The molecular formula is C21H19N3OS. The number of aromatic nitrogens is 1. The minimum atomic E-state index is 0.0116. The summed E-state index contributed by atoms with van der Waals surface area (Å²) in [5, 5.41) is 6.71. The maximum Gasteiger partial charge on any atom is 0.193 e. The molecule has 0 bridgehead atoms. The number of aryl methyl sites for hydroxylation is 2. The Morgan fingerprint density at radius 3 is 2.15 bits per heavy atom. The van der Waals surface area contributed by atoms with Crippen LogP contribution in [0.5, 0.6) is 0 Å². The standard InChI is InChI=1S/C21H19N3OS/c1-14-12-17(20(25)16-8-4-3-5-9-16)13-15(2)19(14)24-21(26)23-18-10-6-7-11-22-18/h3-13H,1-2H3,(H2,22,23,24,26). The summed E-state index contributed by atoms with van der Waals surface area (Å²) in [4.78, 5) is 16.9. The quantitative estimate of drug-likeness (QED) is 0.519. The molecule has 2 aromatic carbocycles. The molecule has 0 aliphatic rings. The first kappa shape index (κ1) is 17.8. The largest absolute Gasteiger partial charge is 0.332 e. The van der Waals surface area contributed by atoms with Crippen LogP contribution in [-0.4, -0.2) is 15.9 Å². The average Bonchev–Trinajstić information content (AvgIpc) is 2.65. The average molecular weight is 361 g/mol. The topological polar surface area (TPSA) is 54.0 Å². The molecule has 1 heterocycles. The summed E-state index contributed by atoms with van der Waals surface area (Å²) in [5.41, 5.74) is 4.15. The minimum Gasteiger partial charge on any atom is -0.332 e. The molecule has 5 heteroatoms. The van der Waals surface area contributed by atoms with Crippen LogP contribution in [0.4, 0.5) is 11.5 Å². The summed E-state index contributed by atoms with van der Waals surface area (Å²) in [7, 11) is 0. The van der Waals surface area contributed by atoms with Gasteiger partial charge in [-0.2, -0.15) is 0 Å². The van der Waals surface area contributed by atoms with Gasteiger partial charge in [0.2, 0.25) is 0 Å². The zero-order valence-corrected chi connectivity index (χ0v) is 15.4. The maximum atomic E-state index is 12.7. The number of thiocarbonyl (C=S) groups is 1. The second-order valence-electron chi connectivity index (χ2n) is 5.97. The number of nitrogens with zero attached hydrogens (tertiary/aromatic N) is 1. The summed E-state index contributed by atoms with van der Waals surface area (Å²) >= 11 is 5.37. The van der Waals surface area contributed by atoms with Gasteiger partial charge in [-0.15, -0.1) is 0 Å². The molecule has 0 saturated carbocycles. The highest BCUT2D eigenvalue weighted by molar-refractivity contribution is 7.80. The minimum absolute atomic E-state index is 0.0116. The Kier molecular flexibility index (Phi) is 5.39. The van der Waals surface area contributed by atoms with E-state index < -0.39 is 0 Å². The van der Waals surface area contributed by atoms with Gasteiger partial charge in [0.05, 0.1) is 0 Å². The first-order chi connectivity index (χ1) is 12.5. The second kappa shape index (κ2) is 7.89. The van der Waals surface area contributed by atoms with E-state index in [9.17, 15) is 4.79 Å². The van der Waals surface area contributed by atoms with Gasteiger partial charge < -0.3 is 10.6 Å². The van der Waals surface area contributed by atoms with E-state index in [0.717, 1.165) is 16.8 Å². The third-order valence-electron chi connectivity index (χ3n) is 3.98. The number of benzene rings is 2. The molecule has 1 aromatic heterocycles. The van der Waals surface area contributed by atoms with E-state index in [0.29, 0.717) is 22.1 Å². The predicted octanol–water partition coefficient (Wildman–Crippen LogP) is 4.74. The highest BCUT2D eigenvalue weighted by Crippen LogP contribution is 2.24. The highest BCUT2D eigenvalue weighted by Gasteiger charge is 2.13. The Labute approximate surface area is 158 Å². The first-order valence-electron chi connectivity index (χ1n) is 8.24. The van der Waals surface area contributed by atoms with Gasteiger partial charge in [0.15, 0.2) is 10.9 Å². The van der Waals surface area contributed by atoms with Gasteiger partial charge >= 0.3 is 0 Å². The number of ketones is 1. The number of anilines is 2. The molecule has 2 N–H and O–H groups in total. The van der Waals surface area contributed by atoms with Crippen LogP contribution in [0, 0.1) is 13.8 Å². The Hall–Kier alpha value is -3.05. The molecule has 0 radical (unpaired) electrons. The normalized spacial score (nSPS) is 10.2. The van der Waals surface area contributed by atoms with Crippen LogP contribution in [0.3, 0.4) is 0 Å². The number of carbonyl (C=O) groups excluding carboxylic acids is 1. The third kappa shape index (κ3) is 4.13. The molecule has 0 atom stereocenters. The van der Waals surface area contributed by atoms with E-state index in [-0.39, 0.29) is 5.78 Å². The Morgan fingerprint density at radius 2 is 1.54 bits per heavy atom. The molecule has 3 aromatic rings. The smallest absolute Gasteiger partial charge is 0.193 e. The third-order valence-corrected chi connectivity index (χ3v) is 4.18. The van der Waals surface area contributed by atoms with Crippen molar-refractivity contribution in [3.63, 3.8) is 0 Å². The number of hydrogen-bond donors (Lipinski definition) is 2. The van der Waals surface area contributed by atoms with Crippen LogP contribution in [0.15, 0.2) is 66.9 Å².